The first-order valence-electron chi connectivity index (χ1n) is 9.17. The van der Waals surface area contributed by atoms with Gasteiger partial charge in [0.25, 0.3) is 17.4 Å². The second-order valence-corrected chi connectivity index (χ2v) is 9.22. The molecule has 0 unspecified atom stereocenters. The van der Waals surface area contributed by atoms with Crippen LogP contribution >= 0.6 is 0 Å². The smallest absolute Gasteiger partial charge is 0.315 e. The molecule has 0 spiro atoms. The lowest BCUT2D eigenvalue weighted by Crippen LogP contribution is -2.43. The molecule has 2 aromatic heterocycles. The number of carbonyl (C=O) groups excluding carboxylic acids is 2. The first-order chi connectivity index (χ1) is 14.9. The minimum Gasteiger partial charge on any atom is -0.315 e. The third kappa shape index (κ3) is 4.04. The van der Waals surface area contributed by atoms with Gasteiger partial charge >= 0.3 is 5.69 Å². The van der Waals surface area contributed by atoms with Crippen molar-refractivity contribution in [3.05, 3.63) is 57.0 Å². The fraction of sp³-hybridized carbons (Fsp3) is 0.278. The minimum atomic E-state index is -3.73. The first-order valence-corrected chi connectivity index (χ1v) is 10.6. The molecule has 0 bridgehead atoms. The summed E-state index contributed by atoms with van der Waals surface area (Å²) in [5.74, 6) is -1.41. The second kappa shape index (κ2) is 8.39. The predicted octanol–water partition coefficient (Wildman–Crippen LogP) is -1.85. The molecule has 0 aliphatic rings. The molecule has 3 aromatic rings. The molecule has 0 fully saturated rings. The highest BCUT2D eigenvalue weighted by molar-refractivity contribution is 7.89. The van der Waals surface area contributed by atoms with Crippen LogP contribution in [0.4, 0.5) is 0 Å². The molecule has 2 heterocycles. The predicted molar refractivity (Wildman–Crippen MR) is 113 cm³/mol. The third-order valence-electron chi connectivity index (χ3n) is 4.72. The lowest BCUT2D eigenvalue weighted by Gasteiger charge is -2.12. The second-order valence-electron chi connectivity index (χ2n) is 7.07. The maximum atomic E-state index is 12.4. The first kappa shape index (κ1) is 22.9. The van der Waals surface area contributed by atoms with E-state index in [1.807, 2.05) is 0 Å². The van der Waals surface area contributed by atoms with Gasteiger partial charge in [-0.2, -0.15) is 0 Å². The lowest BCUT2D eigenvalue weighted by molar-refractivity contribution is -0.122. The molecule has 1 aromatic carbocycles. The topological polar surface area (TPSA) is 157 Å². The Labute approximate surface area is 181 Å². The van der Waals surface area contributed by atoms with E-state index in [1.165, 1.54) is 67.9 Å². The van der Waals surface area contributed by atoms with Gasteiger partial charge in [-0.3, -0.25) is 34.4 Å². The monoisotopic (exact) mass is 463 g/mol. The van der Waals surface area contributed by atoms with Gasteiger partial charge in [0.15, 0.2) is 11.2 Å². The molecule has 0 saturated heterocycles. The molecule has 0 aliphatic carbocycles. The summed E-state index contributed by atoms with van der Waals surface area (Å²) in [6.45, 7) is -0.362. The summed E-state index contributed by atoms with van der Waals surface area (Å²) in [4.78, 5) is 53.0. The highest BCUT2D eigenvalue weighted by Crippen LogP contribution is 2.14. The van der Waals surface area contributed by atoms with Crippen molar-refractivity contribution in [2.24, 2.45) is 14.1 Å². The van der Waals surface area contributed by atoms with Crippen molar-refractivity contribution < 1.29 is 18.0 Å². The Kier molecular flexibility index (Phi) is 6.00. The molecular weight excluding hydrogens is 442 g/mol. The molecule has 0 aliphatic heterocycles. The number of aromatic nitrogens is 4. The molecular formula is C18H21N7O6S. The minimum absolute atomic E-state index is 0.0187. The standard InChI is InChI=1S/C18H21N7O6S/c1-22(2)32(30,31)12-7-5-6-11(8-12)16(27)21-20-13(26)9-25-10-19-15-14(25)17(28)24(4)18(29)23(15)3/h5-8,10H,9H2,1-4H3,(H,20,26)(H,21,27). The maximum Gasteiger partial charge on any atom is 0.332 e. The number of carbonyl (C=O) groups is 2. The van der Waals surface area contributed by atoms with Crippen LogP contribution in [0.5, 0.6) is 0 Å². The van der Waals surface area contributed by atoms with Crippen LogP contribution in [0.15, 0.2) is 45.1 Å². The molecule has 170 valence electrons. The summed E-state index contributed by atoms with van der Waals surface area (Å²) in [5, 5.41) is 0. The SMILES string of the molecule is CN(C)S(=O)(=O)c1cccc(C(=O)NNC(=O)Cn2cnc3c2c(=O)n(C)c(=O)n3C)c1. The lowest BCUT2D eigenvalue weighted by atomic mass is 10.2. The Morgan fingerprint density at radius 1 is 1.09 bits per heavy atom. The summed E-state index contributed by atoms with van der Waals surface area (Å²) < 4.78 is 28.8. The van der Waals surface area contributed by atoms with Crippen LogP contribution in [0.1, 0.15) is 10.4 Å². The molecule has 32 heavy (non-hydrogen) atoms. The molecule has 13 nitrogen and oxygen atoms in total. The Morgan fingerprint density at radius 3 is 2.44 bits per heavy atom. The van der Waals surface area contributed by atoms with Crippen LogP contribution in [0.3, 0.4) is 0 Å². The number of rotatable bonds is 5. The number of hydrogen-bond donors (Lipinski definition) is 2. The normalized spacial score (nSPS) is 11.7. The largest absolute Gasteiger partial charge is 0.332 e. The Morgan fingerprint density at radius 2 is 1.78 bits per heavy atom. The Hall–Kier alpha value is -3.78. The van der Waals surface area contributed by atoms with Crippen LogP contribution in [0.2, 0.25) is 0 Å². The van der Waals surface area contributed by atoms with Crippen molar-refractivity contribution in [2.75, 3.05) is 14.1 Å². The van der Waals surface area contributed by atoms with E-state index in [0.717, 1.165) is 8.87 Å². The molecule has 3 rings (SSSR count). The fourth-order valence-electron chi connectivity index (χ4n) is 2.92. The number of hydrogen-bond acceptors (Lipinski definition) is 7. The molecule has 0 atom stereocenters. The summed E-state index contributed by atoms with van der Waals surface area (Å²) in [6.07, 6.45) is 1.24. The highest BCUT2D eigenvalue weighted by atomic mass is 32.2. The van der Waals surface area contributed by atoms with Crippen LogP contribution in [-0.2, 0) is 35.5 Å². The number of benzene rings is 1. The van der Waals surface area contributed by atoms with Crippen LogP contribution < -0.4 is 22.1 Å². The summed E-state index contributed by atoms with van der Waals surface area (Å²) in [5.41, 5.74) is 3.42. The van der Waals surface area contributed by atoms with Gasteiger partial charge in [-0.05, 0) is 18.2 Å². The van der Waals surface area contributed by atoms with E-state index in [0.29, 0.717) is 0 Å². The summed E-state index contributed by atoms with van der Waals surface area (Å²) in [6, 6.07) is 5.33. The zero-order chi connectivity index (χ0) is 23.8. The molecule has 0 saturated carbocycles. The number of aryl methyl sites for hydroxylation is 1. The van der Waals surface area contributed by atoms with Crippen LogP contribution in [0, 0.1) is 0 Å². The number of nitrogens with zero attached hydrogens (tertiary/aromatic N) is 5. The maximum absolute atomic E-state index is 12.4. The number of imidazole rings is 1. The van der Waals surface area contributed by atoms with Gasteiger partial charge in [-0.15, -0.1) is 0 Å². The van der Waals surface area contributed by atoms with Crippen molar-refractivity contribution in [1.82, 2.24) is 33.8 Å². The molecule has 14 heteroatoms. The number of amides is 2. The zero-order valence-electron chi connectivity index (χ0n) is 17.7. The average Bonchev–Trinajstić information content (AvgIpc) is 3.18. The molecule has 2 N–H and O–H groups in total. The van der Waals surface area contributed by atoms with Gasteiger partial charge in [-0.25, -0.2) is 22.5 Å². The van der Waals surface area contributed by atoms with E-state index < -0.39 is 33.1 Å². The Bertz CT molecular complexity index is 1450. The van der Waals surface area contributed by atoms with E-state index in [9.17, 15) is 27.6 Å². The molecule has 0 radical (unpaired) electrons. The van der Waals surface area contributed by atoms with Crippen molar-refractivity contribution in [3.8, 4) is 0 Å². The zero-order valence-corrected chi connectivity index (χ0v) is 18.5. The summed E-state index contributed by atoms with van der Waals surface area (Å²) >= 11 is 0. The fourth-order valence-corrected chi connectivity index (χ4v) is 3.87. The highest BCUT2D eigenvalue weighted by Gasteiger charge is 2.19. The van der Waals surface area contributed by atoms with Crippen LogP contribution in [-0.4, -0.2) is 57.3 Å². The van der Waals surface area contributed by atoms with Gasteiger partial charge < -0.3 is 4.57 Å². The Balaban J connectivity index is 1.75. The number of nitrogens with one attached hydrogen (secondary N) is 2. The van der Waals surface area contributed by atoms with E-state index in [2.05, 4.69) is 15.8 Å². The van der Waals surface area contributed by atoms with Gasteiger partial charge in [0.1, 0.15) is 6.54 Å². The number of fused-ring (bicyclic) bond motifs is 1. The van der Waals surface area contributed by atoms with Crippen molar-refractivity contribution >= 4 is 33.0 Å². The van der Waals surface area contributed by atoms with E-state index in [4.69, 9.17) is 0 Å². The summed E-state index contributed by atoms with van der Waals surface area (Å²) in [7, 11) is 1.77. The van der Waals surface area contributed by atoms with E-state index in [-0.39, 0.29) is 28.2 Å². The number of sulfonamides is 1. The number of hydrazine groups is 1. The third-order valence-corrected chi connectivity index (χ3v) is 6.53. The molecule has 2 amide bonds. The quantitative estimate of drug-likeness (QED) is 0.420. The van der Waals surface area contributed by atoms with Crippen molar-refractivity contribution in [3.63, 3.8) is 0 Å². The van der Waals surface area contributed by atoms with Gasteiger partial charge in [0.05, 0.1) is 11.2 Å². The van der Waals surface area contributed by atoms with Crippen molar-refractivity contribution in [2.45, 2.75) is 11.4 Å². The van der Waals surface area contributed by atoms with Gasteiger partial charge in [0.2, 0.25) is 10.0 Å². The van der Waals surface area contributed by atoms with E-state index >= 15 is 0 Å². The van der Waals surface area contributed by atoms with Crippen LogP contribution in [0.25, 0.3) is 11.2 Å². The average molecular weight is 463 g/mol. The van der Waals surface area contributed by atoms with Crippen molar-refractivity contribution in [1.29, 1.82) is 0 Å². The van der Waals surface area contributed by atoms with E-state index in [1.54, 1.807) is 0 Å². The van der Waals surface area contributed by atoms with Gasteiger partial charge in [-0.1, -0.05) is 6.07 Å². The van der Waals surface area contributed by atoms with Gasteiger partial charge in [0, 0.05) is 33.8 Å².